The Hall–Kier alpha value is -1.71. The summed E-state index contributed by atoms with van der Waals surface area (Å²) in [7, 11) is 0. The van der Waals surface area contributed by atoms with Gasteiger partial charge in [0.2, 0.25) is 0 Å². The minimum absolute atomic E-state index is 0.293. The lowest BCUT2D eigenvalue weighted by Crippen LogP contribution is -2.15. The van der Waals surface area contributed by atoms with Crippen molar-refractivity contribution in [1.82, 2.24) is 0 Å². The number of carbonyl (C=O) groups is 1. The van der Waals surface area contributed by atoms with E-state index in [1.54, 1.807) is 42.5 Å². The summed E-state index contributed by atoms with van der Waals surface area (Å²) in [5, 5.41) is 10.5. The molecule has 2 aromatic rings. The summed E-state index contributed by atoms with van der Waals surface area (Å²) >= 11 is 12.0. The second kappa shape index (κ2) is 7.52. The molecular weight excluding hydrogens is 323 g/mol. The summed E-state index contributed by atoms with van der Waals surface area (Å²) < 4.78 is 5.43. The van der Waals surface area contributed by atoms with Crippen molar-refractivity contribution >= 4 is 29.2 Å². The number of benzene rings is 2. The minimum atomic E-state index is -0.903. The molecule has 0 aliphatic heterocycles. The van der Waals surface area contributed by atoms with E-state index >= 15 is 0 Å². The van der Waals surface area contributed by atoms with Gasteiger partial charge in [0, 0.05) is 10.0 Å². The van der Waals surface area contributed by atoms with Gasteiger partial charge in [0.05, 0.1) is 12.5 Å². The predicted octanol–water partition coefficient (Wildman–Crippen LogP) is 4.80. The maximum absolute atomic E-state index is 11.6. The van der Waals surface area contributed by atoms with E-state index in [9.17, 15) is 9.90 Å². The van der Waals surface area contributed by atoms with Crippen molar-refractivity contribution in [2.75, 3.05) is 6.61 Å². The van der Waals surface area contributed by atoms with Crippen LogP contribution < -0.4 is 4.74 Å². The number of rotatable bonds is 6. The van der Waals surface area contributed by atoms with Crippen LogP contribution in [0.15, 0.2) is 42.5 Å². The molecule has 0 bridgehead atoms. The van der Waals surface area contributed by atoms with E-state index < -0.39 is 11.9 Å². The lowest BCUT2D eigenvalue weighted by molar-refractivity contribution is -0.138. The second-order valence-electron chi connectivity index (χ2n) is 4.84. The van der Waals surface area contributed by atoms with Crippen molar-refractivity contribution < 1.29 is 14.6 Å². The zero-order valence-corrected chi connectivity index (χ0v) is 13.6. The van der Waals surface area contributed by atoms with Crippen molar-refractivity contribution in [3.05, 3.63) is 63.6 Å². The summed E-state index contributed by atoms with van der Waals surface area (Å²) in [6.07, 6.45) is 0.293. The molecule has 0 fully saturated rings. The highest BCUT2D eigenvalue weighted by atomic mass is 35.5. The Labute approximate surface area is 139 Å². The van der Waals surface area contributed by atoms with E-state index in [-0.39, 0.29) is 0 Å². The quantitative estimate of drug-likeness (QED) is 0.822. The molecule has 0 aliphatic rings. The Bertz CT molecular complexity index is 671. The minimum Gasteiger partial charge on any atom is -0.494 e. The summed E-state index contributed by atoms with van der Waals surface area (Å²) in [4.78, 5) is 11.6. The predicted molar refractivity (Wildman–Crippen MR) is 88.2 cm³/mol. The summed E-state index contributed by atoms with van der Waals surface area (Å²) in [5.41, 5.74) is 1.43. The molecule has 0 amide bonds. The van der Waals surface area contributed by atoms with Crippen LogP contribution in [-0.2, 0) is 11.2 Å². The smallest absolute Gasteiger partial charge is 0.311 e. The van der Waals surface area contributed by atoms with E-state index in [1.807, 2.05) is 6.92 Å². The molecule has 1 N–H and O–H groups in total. The van der Waals surface area contributed by atoms with Gasteiger partial charge in [-0.15, -0.1) is 0 Å². The average molecular weight is 339 g/mol. The van der Waals surface area contributed by atoms with Crippen LogP contribution in [0.25, 0.3) is 0 Å². The zero-order valence-electron chi connectivity index (χ0n) is 12.1. The fourth-order valence-electron chi connectivity index (χ4n) is 2.24. The van der Waals surface area contributed by atoms with Gasteiger partial charge in [0.1, 0.15) is 5.75 Å². The normalized spacial score (nSPS) is 12.0. The zero-order chi connectivity index (χ0) is 16.1. The van der Waals surface area contributed by atoms with Crippen LogP contribution in [-0.4, -0.2) is 17.7 Å². The molecule has 1 atom stereocenters. The highest BCUT2D eigenvalue weighted by Gasteiger charge is 2.22. The number of carboxylic acid groups (broad SMARTS) is 1. The third-order valence-corrected chi connectivity index (χ3v) is 3.90. The Morgan fingerprint density at radius 3 is 2.64 bits per heavy atom. The van der Waals surface area contributed by atoms with Crippen LogP contribution in [0.2, 0.25) is 10.0 Å². The molecule has 0 heterocycles. The van der Waals surface area contributed by atoms with Crippen molar-refractivity contribution in [1.29, 1.82) is 0 Å². The summed E-state index contributed by atoms with van der Waals surface area (Å²) in [5.74, 6) is -0.938. The van der Waals surface area contributed by atoms with Gasteiger partial charge in [-0.1, -0.05) is 41.4 Å². The maximum atomic E-state index is 11.6. The van der Waals surface area contributed by atoms with Gasteiger partial charge < -0.3 is 9.84 Å². The van der Waals surface area contributed by atoms with Crippen LogP contribution in [0, 0.1) is 0 Å². The van der Waals surface area contributed by atoms with Crippen LogP contribution in [0.4, 0.5) is 0 Å². The molecular formula is C17H16Cl2O3. The number of hydrogen-bond acceptors (Lipinski definition) is 2. The first kappa shape index (κ1) is 16.7. The molecule has 0 aromatic heterocycles. The van der Waals surface area contributed by atoms with E-state index in [1.165, 1.54) is 0 Å². The van der Waals surface area contributed by atoms with Crippen molar-refractivity contribution in [3.63, 3.8) is 0 Å². The standard InChI is InChI=1S/C17H16Cl2O3/c1-2-22-14-5-3-4-11(8-14)15(17(20)21)9-12-6-7-13(18)10-16(12)19/h3-8,10,15H,2,9H2,1H3,(H,20,21). The molecule has 0 saturated carbocycles. The van der Waals surface area contributed by atoms with E-state index in [2.05, 4.69) is 0 Å². The van der Waals surface area contributed by atoms with Crippen molar-refractivity contribution in [3.8, 4) is 5.75 Å². The molecule has 2 aromatic carbocycles. The Morgan fingerprint density at radius 2 is 2.00 bits per heavy atom. The monoisotopic (exact) mass is 338 g/mol. The third kappa shape index (κ3) is 4.15. The molecule has 1 unspecified atom stereocenters. The van der Waals surface area contributed by atoms with Gasteiger partial charge in [-0.2, -0.15) is 0 Å². The topological polar surface area (TPSA) is 46.5 Å². The molecule has 0 spiro atoms. The summed E-state index contributed by atoms with van der Waals surface area (Å²) in [6.45, 7) is 2.42. The number of ether oxygens (including phenoxy) is 1. The summed E-state index contributed by atoms with van der Waals surface area (Å²) in [6, 6.07) is 12.2. The first-order chi connectivity index (χ1) is 10.5. The van der Waals surface area contributed by atoms with Gasteiger partial charge in [-0.25, -0.2) is 0 Å². The number of aliphatic carboxylic acids is 1. The first-order valence-electron chi connectivity index (χ1n) is 6.90. The molecule has 0 radical (unpaired) electrons. The van der Waals surface area contributed by atoms with Gasteiger partial charge in [-0.3, -0.25) is 4.79 Å². The highest BCUT2D eigenvalue weighted by Crippen LogP contribution is 2.29. The molecule has 2 rings (SSSR count). The number of hydrogen-bond donors (Lipinski definition) is 1. The molecule has 0 aliphatic carbocycles. The fraction of sp³-hybridized carbons (Fsp3) is 0.235. The molecule has 22 heavy (non-hydrogen) atoms. The van der Waals surface area contributed by atoms with Crippen LogP contribution in [0.1, 0.15) is 24.0 Å². The molecule has 3 nitrogen and oxygen atoms in total. The Morgan fingerprint density at radius 1 is 1.23 bits per heavy atom. The van der Waals surface area contributed by atoms with E-state index in [0.717, 1.165) is 5.56 Å². The van der Waals surface area contributed by atoms with Gasteiger partial charge in [-0.05, 0) is 48.7 Å². The SMILES string of the molecule is CCOc1cccc(C(Cc2ccc(Cl)cc2Cl)C(=O)O)c1. The van der Waals surface area contributed by atoms with Crippen LogP contribution in [0.3, 0.4) is 0 Å². The molecule has 5 heteroatoms. The van der Waals surface area contributed by atoms with Gasteiger partial charge in [0.15, 0.2) is 0 Å². The molecule has 0 saturated heterocycles. The number of halogens is 2. The lowest BCUT2D eigenvalue weighted by atomic mass is 9.92. The van der Waals surface area contributed by atoms with Crippen LogP contribution >= 0.6 is 23.2 Å². The van der Waals surface area contributed by atoms with Crippen molar-refractivity contribution in [2.24, 2.45) is 0 Å². The van der Waals surface area contributed by atoms with Crippen molar-refractivity contribution in [2.45, 2.75) is 19.3 Å². The Balaban J connectivity index is 2.30. The fourth-order valence-corrected chi connectivity index (χ4v) is 2.73. The maximum Gasteiger partial charge on any atom is 0.311 e. The van der Waals surface area contributed by atoms with E-state index in [4.69, 9.17) is 27.9 Å². The van der Waals surface area contributed by atoms with E-state index in [0.29, 0.717) is 34.4 Å². The first-order valence-corrected chi connectivity index (χ1v) is 7.66. The lowest BCUT2D eigenvalue weighted by Gasteiger charge is -2.15. The average Bonchev–Trinajstić information content (AvgIpc) is 2.46. The van der Waals surface area contributed by atoms with Crippen LogP contribution in [0.5, 0.6) is 5.75 Å². The molecule has 116 valence electrons. The largest absolute Gasteiger partial charge is 0.494 e. The number of carboxylic acids is 1. The Kier molecular flexibility index (Phi) is 5.69. The van der Waals surface area contributed by atoms with Gasteiger partial charge in [0.25, 0.3) is 0 Å². The third-order valence-electron chi connectivity index (χ3n) is 3.31. The highest BCUT2D eigenvalue weighted by molar-refractivity contribution is 6.35. The second-order valence-corrected chi connectivity index (χ2v) is 5.68. The van der Waals surface area contributed by atoms with Gasteiger partial charge >= 0.3 is 5.97 Å².